The molecule has 2 heteroatoms. The van der Waals surface area contributed by atoms with Crippen LogP contribution >= 0.6 is 0 Å². The zero-order valence-corrected chi connectivity index (χ0v) is 10.4. The van der Waals surface area contributed by atoms with Crippen LogP contribution in [0.25, 0.3) is 0 Å². The molecule has 0 saturated heterocycles. The first-order valence-electron chi connectivity index (χ1n) is 4.28. The van der Waals surface area contributed by atoms with E-state index in [1.165, 1.54) is 0 Å². The van der Waals surface area contributed by atoms with Crippen molar-refractivity contribution < 1.29 is 3.08 Å². The van der Waals surface area contributed by atoms with Crippen molar-refractivity contribution in [2.45, 2.75) is 18.3 Å². The first-order valence-corrected chi connectivity index (χ1v) is 8.89. The Kier molecular flexibility index (Phi) is 3.92. The fourth-order valence-electron chi connectivity index (χ4n) is 1.11. The average molecular weight is 269 g/mol. The normalized spacial score (nSPS) is 10.2. The summed E-state index contributed by atoms with van der Waals surface area (Å²) in [7, 11) is 0. The van der Waals surface area contributed by atoms with E-state index in [0.29, 0.717) is 5.92 Å². The Morgan fingerprint density at radius 1 is 1.25 bits per heavy atom. The number of rotatable bonds is 3. The molecule has 1 nitrogen and oxygen atoms in total. The molecule has 0 radical (unpaired) electrons. The molecule has 0 atom stereocenters. The van der Waals surface area contributed by atoms with Crippen molar-refractivity contribution in [2.75, 3.05) is 0 Å². The summed E-state index contributed by atoms with van der Waals surface area (Å²) in [4.78, 5) is 0. The second-order valence-electron chi connectivity index (χ2n) is 3.39. The van der Waals surface area contributed by atoms with Gasteiger partial charge in [0, 0.05) is 0 Å². The molecule has 1 aromatic carbocycles. The molecule has 0 amide bonds. The average Bonchev–Trinajstić information content (AvgIpc) is 2.05. The third kappa shape index (κ3) is 3.05. The summed E-state index contributed by atoms with van der Waals surface area (Å²) in [5.41, 5.74) is 0. The van der Waals surface area contributed by atoms with Gasteiger partial charge in [0.2, 0.25) is 0 Å². The summed E-state index contributed by atoms with van der Waals surface area (Å²) < 4.78 is 13.8. The SMILES string of the molecule is CC(C)[CH2][Sn](=[O])[c]1ccccc1. The van der Waals surface area contributed by atoms with Crippen molar-refractivity contribution in [3.05, 3.63) is 30.3 Å². The Labute approximate surface area is 80.9 Å². The molecular formula is C10H14OSn. The van der Waals surface area contributed by atoms with Gasteiger partial charge in [0.05, 0.1) is 0 Å². The van der Waals surface area contributed by atoms with Crippen molar-refractivity contribution in [2.24, 2.45) is 5.92 Å². The third-order valence-electron chi connectivity index (χ3n) is 1.69. The van der Waals surface area contributed by atoms with Crippen LogP contribution in [0.4, 0.5) is 0 Å². The van der Waals surface area contributed by atoms with Gasteiger partial charge in [0.1, 0.15) is 0 Å². The van der Waals surface area contributed by atoms with E-state index in [1.807, 2.05) is 30.3 Å². The monoisotopic (exact) mass is 270 g/mol. The maximum atomic E-state index is 11.7. The van der Waals surface area contributed by atoms with E-state index in [1.54, 1.807) is 0 Å². The first kappa shape index (κ1) is 9.90. The second-order valence-corrected chi connectivity index (χ2v) is 8.62. The van der Waals surface area contributed by atoms with E-state index in [0.717, 1.165) is 8.02 Å². The summed E-state index contributed by atoms with van der Waals surface area (Å²) in [6.07, 6.45) is 0. The minimum absolute atomic E-state index is 0.567. The standard InChI is InChI=1S/C6H5.C4H9.O.Sn/c1-2-4-6-5-3-1;1-4(2)3;;/h1-5H;4H,1H2,2-3H3;;. The molecule has 0 N–H and O–H groups in total. The van der Waals surface area contributed by atoms with E-state index in [4.69, 9.17) is 0 Å². The number of hydrogen-bond donors (Lipinski definition) is 0. The molecule has 0 heterocycles. The molecular weight excluding hydrogens is 255 g/mol. The molecule has 0 unspecified atom stereocenters. The number of benzene rings is 1. The van der Waals surface area contributed by atoms with Gasteiger partial charge in [-0.1, -0.05) is 0 Å². The molecule has 1 aromatic rings. The Balaban J connectivity index is 2.66. The van der Waals surface area contributed by atoms with Gasteiger partial charge in [-0.15, -0.1) is 0 Å². The van der Waals surface area contributed by atoms with Crippen LogP contribution in [0.3, 0.4) is 0 Å². The van der Waals surface area contributed by atoms with Gasteiger partial charge in [-0.05, 0) is 0 Å². The second kappa shape index (κ2) is 4.75. The molecule has 64 valence electrons. The van der Waals surface area contributed by atoms with Crippen LogP contribution in [0.2, 0.25) is 4.44 Å². The van der Waals surface area contributed by atoms with E-state index in [-0.39, 0.29) is 0 Å². The van der Waals surface area contributed by atoms with Crippen LogP contribution in [-0.4, -0.2) is 19.7 Å². The van der Waals surface area contributed by atoms with Crippen molar-refractivity contribution in [3.8, 4) is 0 Å². The molecule has 0 spiro atoms. The van der Waals surface area contributed by atoms with Crippen molar-refractivity contribution in [1.82, 2.24) is 0 Å². The fraction of sp³-hybridized carbons (Fsp3) is 0.400. The molecule has 1 rings (SSSR count). The molecule has 0 bridgehead atoms. The van der Waals surface area contributed by atoms with Crippen molar-refractivity contribution in [3.63, 3.8) is 0 Å². The van der Waals surface area contributed by atoms with E-state index >= 15 is 0 Å². The van der Waals surface area contributed by atoms with Crippen LogP contribution in [0.5, 0.6) is 0 Å². The molecule has 0 aliphatic heterocycles. The zero-order chi connectivity index (χ0) is 8.97. The van der Waals surface area contributed by atoms with Gasteiger partial charge in [-0.3, -0.25) is 0 Å². The van der Waals surface area contributed by atoms with Crippen LogP contribution < -0.4 is 3.58 Å². The predicted octanol–water partition coefficient (Wildman–Crippen LogP) is 1.97. The Hall–Kier alpha value is -0.181. The fourth-order valence-corrected chi connectivity index (χ4v) is 5.51. The predicted molar refractivity (Wildman–Crippen MR) is 52.2 cm³/mol. The Bertz CT molecular complexity index is 254. The van der Waals surface area contributed by atoms with Gasteiger partial charge in [0.25, 0.3) is 0 Å². The van der Waals surface area contributed by atoms with Crippen LogP contribution in [-0.2, 0) is 3.08 Å². The molecule has 0 fully saturated rings. The molecule has 0 aliphatic carbocycles. The van der Waals surface area contributed by atoms with Crippen LogP contribution in [0, 0.1) is 5.92 Å². The molecule has 0 aliphatic rings. The zero-order valence-electron chi connectivity index (χ0n) is 7.58. The quantitative estimate of drug-likeness (QED) is 0.767. The van der Waals surface area contributed by atoms with Gasteiger partial charge in [-0.2, -0.15) is 0 Å². The first-order chi connectivity index (χ1) is 5.70. The Morgan fingerprint density at radius 3 is 2.33 bits per heavy atom. The molecule has 0 aromatic heterocycles. The van der Waals surface area contributed by atoms with Gasteiger partial charge in [-0.25, -0.2) is 0 Å². The van der Waals surface area contributed by atoms with E-state index in [9.17, 15) is 3.08 Å². The van der Waals surface area contributed by atoms with E-state index < -0.39 is 19.7 Å². The third-order valence-corrected chi connectivity index (χ3v) is 7.87. The summed E-state index contributed by atoms with van der Waals surface area (Å²) in [5.74, 6) is 0.567. The Morgan fingerprint density at radius 2 is 1.83 bits per heavy atom. The number of hydrogen-bond acceptors (Lipinski definition) is 1. The summed E-state index contributed by atoms with van der Waals surface area (Å²) >= 11 is -2.42. The maximum absolute atomic E-state index is 11.7. The summed E-state index contributed by atoms with van der Waals surface area (Å²) in [6.45, 7) is 4.25. The van der Waals surface area contributed by atoms with Crippen molar-refractivity contribution in [1.29, 1.82) is 0 Å². The van der Waals surface area contributed by atoms with Crippen molar-refractivity contribution >= 4 is 23.3 Å². The van der Waals surface area contributed by atoms with E-state index in [2.05, 4.69) is 13.8 Å². The van der Waals surface area contributed by atoms with Gasteiger partial charge in [0.15, 0.2) is 0 Å². The van der Waals surface area contributed by atoms with Crippen LogP contribution in [0.15, 0.2) is 30.3 Å². The molecule has 0 saturated carbocycles. The van der Waals surface area contributed by atoms with Crippen LogP contribution in [0.1, 0.15) is 13.8 Å². The topological polar surface area (TPSA) is 17.1 Å². The van der Waals surface area contributed by atoms with Gasteiger partial charge < -0.3 is 0 Å². The summed E-state index contributed by atoms with van der Waals surface area (Å²) in [5, 5.41) is 0. The van der Waals surface area contributed by atoms with Gasteiger partial charge >= 0.3 is 80.9 Å². The minimum atomic E-state index is -2.42. The summed E-state index contributed by atoms with van der Waals surface area (Å²) in [6, 6.07) is 9.88. The molecule has 12 heavy (non-hydrogen) atoms.